The van der Waals surface area contributed by atoms with Gasteiger partial charge in [-0.05, 0) is 44.9 Å². The maximum Gasteiger partial charge on any atom is 0.244 e. The summed E-state index contributed by atoms with van der Waals surface area (Å²) < 4.78 is 0. The Labute approximate surface area is 110 Å². The van der Waals surface area contributed by atoms with Gasteiger partial charge in [0.25, 0.3) is 0 Å². The minimum atomic E-state index is -0.564. The zero-order chi connectivity index (χ0) is 13.8. The lowest BCUT2D eigenvalue weighted by atomic mass is 10.0. The molecule has 0 radical (unpaired) electrons. The number of carbonyl (C=O) groups excluding carboxylic acids is 1. The normalized spacial score (nSPS) is 11.4. The molecular formula is C15H24N2O. The van der Waals surface area contributed by atoms with Gasteiger partial charge in [-0.25, -0.2) is 0 Å². The monoisotopic (exact) mass is 248 g/mol. The highest BCUT2D eigenvalue weighted by atomic mass is 16.2. The van der Waals surface area contributed by atoms with Crippen LogP contribution >= 0.6 is 0 Å². The number of nitrogens with one attached hydrogen (secondary N) is 2. The molecule has 0 aromatic heterocycles. The van der Waals surface area contributed by atoms with E-state index in [1.54, 1.807) is 7.05 Å². The van der Waals surface area contributed by atoms with Crippen LogP contribution in [0.4, 0.5) is 5.69 Å². The molecule has 0 aliphatic rings. The Balaban J connectivity index is 3.06. The second-order valence-electron chi connectivity index (χ2n) is 4.99. The van der Waals surface area contributed by atoms with Crippen molar-refractivity contribution < 1.29 is 4.79 Å². The van der Waals surface area contributed by atoms with Gasteiger partial charge in [0.2, 0.25) is 5.91 Å². The first-order valence-electron chi connectivity index (χ1n) is 6.57. The molecule has 0 fully saturated rings. The van der Waals surface area contributed by atoms with E-state index < -0.39 is 5.54 Å². The molecule has 0 saturated carbocycles. The van der Waals surface area contributed by atoms with E-state index in [1.165, 1.54) is 11.1 Å². The van der Waals surface area contributed by atoms with Crippen molar-refractivity contribution in [2.75, 3.05) is 12.4 Å². The number of benzene rings is 1. The Kier molecular flexibility index (Phi) is 4.91. The number of carbonyl (C=O) groups is 1. The highest BCUT2D eigenvalue weighted by molar-refractivity contribution is 5.98. The highest BCUT2D eigenvalue weighted by Gasteiger charge is 2.26. The van der Waals surface area contributed by atoms with Crippen LogP contribution in [0.15, 0.2) is 18.2 Å². The van der Waals surface area contributed by atoms with Crippen LogP contribution < -0.4 is 10.6 Å². The Hall–Kier alpha value is -1.35. The number of likely N-dealkylation sites (N-methyl/N-ethyl adjacent to an activating group) is 1. The third-order valence-corrected chi connectivity index (χ3v) is 3.43. The van der Waals surface area contributed by atoms with Gasteiger partial charge >= 0.3 is 0 Å². The molecule has 1 aromatic carbocycles. The third-order valence-electron chi connectivity index (χ3n) is 3.43. The SMILES string of the molecule is CCc1cccc(CC)c1NC(=O)C(C)(C)NC. The lowest BCUT2D eigenvalue weighted by Crippen LogP contribution is -2.48. The first kappa shape index (κ1) is 14.7. The molecule has 3 heteroatoms. The van der Waals surface area contributed by atoms with Crippen LogP contribution in [-0.4, -0.2) is 18.5 Å². The van der Waals surface area contributed by atoms with Crippen molar-refractivity contribution in [1.82, 2.24) is 5.32 Å². The first-order valence-corrected chi connectivity index (χ1v) is 6.57. The van der Waals surface area contributed by atoms with Gasteiger partial charge < -0.3 is 10.6 Å². The van der Waals surface area contributed by atoms with Gasteiger partial charge in [0.15, 0.2) is 0 Å². The van der Waals surface area contributed by atoms with E-state index in [0.29, 0.717) is 0 Å². The van der Waals surface area contributed by atoms with Crippen molar-refractivity contribution in [2.24, 2.45) is 0 Å². The van der Waals surface area contributed by atoms with E-state index in [1.807, 2.05) is 13.8 Å². The fourth-order valence-electron chi connectivity index (χ4n) is 1.79. The standard InChI is InChI=1S/C15H24N2O/c1-6-11-9-8-10-12(7-2)13(11)17-14(18)15(3,4)16-5/h8-10,16H,6-7H2,1-5H3,(H,17,18). The van der Waals surface area contributed by atoms with Crippen LogP contribution in [-0.2, 0) is 17.6 Å². The largest absolute Gasteiger partial charge is 0.324 e. The van der Waals surface area contributed by atoms with Crippen molar-refractivity contribution >= 4 is 11.6 Å². The summed E-state index contributed by atoms with van der Waals surface area (Å²) in [4.78, 5) is 12.2. The second-order valence-corrected chi connectivity index (χ2v) is 4.99. The molecule has 0 aliphatic heterocycles. The Morgan fingerprint density at radius 1 is 1.17 bits per heavy atom. The average molecular weight is 248 g/mol. The molecule has 3 nitrogen and oxygen atoms in total. The molecule has 0 saturated heterocycles. The minimum absolute atomic E-state index is 0.000556. The summed E-state index contributed by atoms with van der Waals surface area (Å²) in [5, 5.41) is 6.09. The number of para-hydroxylation sites is 1. The van der Waals surface area contributed by atoms with Crippen molar-refractivity contribution in [2.45, 2.75) is 46.1 Å². The van der Waals surface area contributed by atoms with Crippen LogP contribution in [0.1, 0.15) is 38.8 Å². The molecule has 0 spiro atoms. The summed E-state index contributed by atoms with van der Waals surface area (Å²) in [6.45, 7) is 7.96. The molecule has 0 atom stereocenters. The van der Waals surface area contributed by atoms with E-state index in [9.17, 15) is 4.79 Å². The lowest BCUT2D eigenvalue weighted by Gasteiger charge is -2.24. The topological polar surface area (TPSA) is 41.1 Å². The molecule has 0 heterocycles. The Morgan fingerprint density at radius 2 is 1.67 bits per heavy atom. The zero-order valence-electron chi connectivity index (χ0n) is 12.1. The molecular weight excluding hydrogens is 224 g/mol. The van der Waals surface area contributed by atoms with E-state index in [0.717, 1.165) is 18.5 Å². The molecule has 0 unspecified atom stereocenters. The Bertz CT molecular complexity index is 402. The quantitative estimate of drug-likeness (QED) is 0.841. The van der Waals surface area contributed by atoms with Crippen LogP contribution in [0.2, 0.25) is 0 Å². The maximum absolute atomic E-state index is 12.2. The van der Waals surface area contributed by atoms with Crippen LogP contribution in [0.3, 0.4) is 0 Å². The number of anilines is 1. The van der Waals surface area contributed by atoms with E-state index in [-0.39, 0.29) is 5.91 Å². The molecule has 0 bridgehead atoms. The molecule has 0 aliphatic carbocycles. The predicted molar refractivity (Wildman–Crippen MR) is 77.0 cm³/mol. The van der Waals surface area contributed by atoms with Crippen molar-refractivity contribution in [3.05, 3.63) is 29.3 Å². The molecule has 100 valence electrons. The smallest absolute Gasteiger partial charge is 0.244 e. The number of amides is 1. The lowest BCUT2D eigenvalue weighted by molar-refractivity contribution is -0.121. The first-order chi connectivity index (χ1) is 8.46. The number of hydrogen-bond donors (Lipinski definition) is 2. The van der Waals surface area contributed by atoms with Crippen LogP contribution in [0, 0.1) is 0 Å². The fraction of sp³-hybridized carbons (Fsp3) is 0.533. The van der Waals surface area contributed by atoms with Crippen molar-refractivity contribution in [1.29, 1.82) is 0 Å². The second kappa shape index (κ2) is 6.01. The summed E-state index contributed by atoms with van der Waals surface area (Å²) in [6, 6.07) is 6.19. The summed E-state index contributed by atoms with van der Waals surface area (Å²) >= 11 is 0. The van der Waals surface area contributed by atoms with Gasteiger partial charge in [0.1, 0.15) is 0 Å². The zero-order valence-corrected chi connectivity index (χ0v) is 12.1. The fourth-order valence-corrected chi connectivity index (χ4v) is 1.79. The summed E-state index contributed by atoms with van der Waals surface area (Å²) in [6.07, 6.45) is 1.84. The predicted octanol–water partition coefficient (Wildman–Crippen LogP) is 2.75. The van der Waals surface area contributed by atoms with Crippen LogP contribution in [0.5, 0.6) is 0 Å². The van der Waals surface area contributed by atoms with E-state index in [2.05, 4.69) is 42.7 Å². The van der Waals surface area contributed by atoms with Gasteiger partial charge in [-0.1, -0.05) is 32.0 Å². The summed E-state index contributed by atoms with van der Waals surface area (Å²) in [7, 11) is 1.80. The number of rotatable bonds is 5. The number of hydrogen-bond acceptors (Lipinski definition) is 2. The summed E-state index contributed by atoms with van der Waals surface area (Å²) in [5.74, 6) is 0.000556. The van der Waals surface area contributed by atoms with Gasteiger partial charge in [0, 0.05) is 5.69 Å². The molecule has 2 N–H and O–H groups in total. The van der Waals surface area contributed by atoms with E-state index in [4.69, 9.17) is 0 Å². The van der Waals surface area contributed by atoms with Gasteiger partial charge in [-0.15, -0.1) is 0 Å². The third kappa shape index (κ3) is 3.10. The maximum atomic E-state index is 12.2. The van der Waals surface area contributed by atoms with Crippen molar-refractivity contribution in [3.63, 3.8) is 0 Å². The van der Waals surface area contributed by atoms with Gasteiger partial charge in [-0.2, -0.15) is 0 Å². The van der Waals surface area contributed by atoms with Crippen LogP contribution in [0.25, 0.3) is 0 Å². The van der Waals surface area contributed by atoms with Gasteiger partial charge in [-0.3, -0.25) is 4.79 Å². The molecule has 1 rings (SSSR count). The molecule has 1 aromatic rings. The minimum Gasteiger partial charge on any atom is -0.324 e. The molecule has 18 heavy (non-hydrogen) atoms. The van der Waals surface area contributed by atoms with Gasteiger partial charge in [0.05, 0.1) is 5.54 Å². The van der Waals surface area contributed by atoms with E-state index >= 15 is 0 Å². The summed E-state index contributed by atoms with van der Waals surface area (Å²) in [5.41, 5.74) is 2.80. The average Bonchev–Trinajstić information content (AvgIpc) is 2.38. The highest BCUT2D eigenvalue weighted by Crippen LogP contribution is 2.23. The number of aryl methyl sites for hydroxylation is 2. The Morgan fingerprint density at radius 3 is 2.06 bits per heavy atom. The van der Waals surface area contributed by atoms with Crippen molar-refractivity contribution in [3.8, 4) is 0 Å². The molecule has 1 amide bonds.